The van der Waals surface area contributed by atoms with Crippen LogP contribution in [-0.4, -0.2) is 69.6 Å². The molecular weight excluding hydrogens is 328 g/mol. The minimum absolute atomic E-state index is 0.224. The van der Waals surface area contributed by atoms with Crippen molar-refractivity contribution in [2.24, 2.45) is 0 Å². The molecule has 0 saturated carbocycles. The van der Waals surface area contributed by atoms with Crippen molar-refractivity contribution in [1.82, 2.24) is 9.80 Å². The van der Waals surface area contributed by atoms with E-state index in [1.807, 2.05) is 6.07 Å². The normalized spacial score (nSPS) is 15.8. The lowest BCUT2D eigenvalue weighted by atomic mass is 10.2. The second-order valence-electron chi connectivity index (χ2n) is 5.75. The molecule has 0 radical (unpaired) electrons. The largest absolute Gasteiger partial charge is 0.339 e. The number of benzene rings is 1. The molecule has 24 heavy (non-hydrogen) atoms. The van der Waals surface area contributed by atoms with Gasteiger partial charge in [0, 0.05) is 26.2 Å². The van der Waals surface area contributed by atoms with Gasteiger partial charge in [0.05, 0.1) is 23.6 Å². The highest BCUT2D eigenvalue weighted by molar-refractivity contribution is 7.92. The zero-order valence-corrected chi connectivity index (χ0v) is 14.8. The quantitative estimate of drug-likeness (QED) is 0.771. The average Bonchev–Trinajstić information content (AvgIpc) is 2.58. The molecule has 2 rings (SSSR count). The smallest absolute Gasteiger partial charge is 0.243 e. The molecule has 1 aromatic rings. The fraction of sp³-hybridized carbons (Fsp3) is 0.500. The van der Waals surface area contributed by atoms with E-state index >= 15 is 0 Å². The summed E-state index contributed by atoms with van der Waals surface area (Å²) in [6, 6.07) is 8.24. The third-order valence-electron chi connectivity index (χ3n) is 4.11. The van der Waals surface area contributed by atoms with Gasteiger partial charge in [0.15, 0.2) is 0 Å². The summed E-state index contributed by atoms with van der Waals surface area (Å²) in [5.41, 5.74) is 0.683. The van der Waals surface area contributed by atoms with Crippen LogP contribution in [0.25, 0.3) is 0 Å². The number of nitriles is 1. The highest BCUT2D eigenvalue weighted by atomic mass is 32.2. The first-order valence-corrected chi connectivity index (χ1v) is 9.68. The highest BCUT2D eigenvalue weighted by Gasteiger charge is 2.26. The number of rotatable bonds is 5. The summed E-state index contributed by atoms with van der Waals surface area (Å²) in [6.07, 6.45) is 1.06. The summed E-state index contributed by atoms with van der Waals surface area (Å²) in [5.74, 6) is -0.224. The first-order chi connectivity index (χ1) is 11.3. The Kier molecular flexibility index (Phi) is 5.80. The van der Waals surface area contributed by atoms with Gasteiger partial charge in [-0.3, -0.25) is 9.10 Å². The van der Waals surface area contributed by atoms with Gasteiger partial charge in [-0.1, -0.05) is 13.0 Å². The predicted molar refractivity (Wildman–Crippen MR) is 92.0 cm³/mol. The van der Waals surface area contributed by atoms with Gasteiger partial charge in [-0.2, -0.15) is 5.26 Å². The van der Waals surface area contributed by atoms with Crippen LogP contribution in [0.4, 0.5) is 5.69 Å². The second-order valence-corrected chi connectivity index (χ2v) is 7.65. The van der Waals surface area contributed by atoms with Gasteiger partial charge in [0.25, 0.3) is 0 Å². The van der Waals surface area contributed by atoms with Gasteiger partial charge in [0.2, 0.25) is 15.9 Å². The molecular formula is C16H22N4O3S. The van der Waals surface area contributed by atoms with Crippen molar-refractivity contribution in [3.05, 3.63) is 29.8 Å². The molecule has 0 spiro atoms. The number of piperazine rings is 1. The number of carbonyl (C=O) groups excluding carboxylic acids is 1. The van der Waals surface area contributed by atoms with Crippen LogP contribution < -0.4 is 4.31 Å². The lowest BCUT2D eigenvalue weighted by molar-refractivity contribution is -0.131. The van der Waals surface area contributed by atoms with Gasteiger partial charge < -0.3 is 9.80 Å². The molecule has 0 N–H and O–H groups in total. The summed E-state index contributed by atoms with van der Waals surface area (Å²) < 4.78 is 25.3. The number of carbonyl (C=O) groups is 1. The van der Waals surface area contributed by atoms with Gasteiger partial charge >= 0.3 is 0 Å². The Balaban J connectivity index is 2.15. The minimum atomic E-state index is -3.63. The van der Waals surface area contributed by atoms with Gasteiger partial charge in [-0.15, -0.1) is 0 Å². The van der Waals surface area contributed by atoms with Crippen LogP contribution in [0, 0.1) is 11.3 Å². The molecule has 1 heterocycles. The topological polar surface area (TPSA) is 84.7 Å². The Morgan fingerprint density at radius 3 is 2.50 bits per heavy atom. The maximum Gasteiger partial charge on any atom is 0.243 e. The molecule has 1 saturated heterocycles. The first-order valence-electron chi connectivity index (χ1n) is 7.83. The number of amides is 1. The molecule has 0 bridgehead atoms. The van der Waals surface area contributed by atoms with Crippen LogP contribution in [0.3, 0.4) is 0 Å². The van der Waals surface area contributed by atoms with E-state index in [0.29, 0.717) is 24.3 Å². The average molecular weight is 350 g/mol. The molecule has 0 aliphatic carbocycles. The van der Waals surface area contributed by atoms with Crippen molar-refractivity contribution in [3.63, 3.8) is 0 Å². The van der Waals surface area contributed by atoms with Gasteiger partial charge in [0.1, 0.15) is 6.54 Å². The molecule has 130 valence electrons. The van der Waals surface area contributed by atoms with E-state index in [1.54, 1.807) is 23.1 Å². The monoisotopic (exact) mass is 350 g/mol. The molecule has 7 nitrogen and oxygen atoms in total. The first kappa shape index (κ1) is 18.2. The number of hydrogen-bond acceptors (Lipinski definition) is 5. The van der Waals surface area contributed by atoms with E-state index in [9.17, 15) is 13.2 Å². The molecule has 0 aromatic heterocycles. The van der Waals surface area contributed by atoms with Crippen molar-refractivity contribution in [2.45, 2.75) is 6.92 Å². The van der Waals surface area contributed by atoms with E-state index in [-0.39, 0.29) is 12.5 Å². The van der Waals surface area contributed by atoms with Gasteiger partial charge in [-0.05, 0) is 24.7 Å². The van der Waals surface area contributed by atoms with Crippen molar-refractivity contribution in [2.75, 3.05) is 49.8 Å². The van der Waals surface area contributed by atoms with Crippen LogP contribution in [-0.2, 0) is 14.8 Å². The summed E-state index contributed by atoms with van der Waals surface area (Å²) >= 11 is 0. The fourth-order valence-electron chi connectivity index (χ4n) is 2.67. The van der Waals surface area contributed by atoms with E-state index < -0.39 is 10.0 Å². The van der Waals surface area contributed by atoms with E-state index in [1.165, 1.54) is 6.07 Å². The molecule has 1 aliphatic rings. The zero-order valence-electron chi connectivity index (χ0n) is 14.0. The SMILES string of the molecule is CCN1CCN(C(=O)CN(c2cccc(C#N)c2)S(C)(=O)=O)CC1. The Morgan fingerprint density at radius 1 is 1.29 bits per heavy atom. The molecule has 8 heteroatoms. The van der Waals surface area contributed by atoms with Crippen LogP contribution in [0.5, 0.6) is 0 Å². The number of hydrogen-bond donors (Lipinski definition) is 0. The number of nitrogens with zero attached hydrogens (tertiary/aromatic N) is 4. The summed E-state index contributed by atoms with van der Waals surface area (Å²) in [7, 11) is -3.63. The summed E-state index contributed by atoms with van der Waals surface area (Å²) in [4.78, 5) is 16.5. The lowest BCUT2D eigenvalue weighted by Gasteiger charge is -2.35. The third kappa shape index (κ3) is 4.46. The van der Waals surface area contributed by atoms with Crippen molar-refractivity contribution in [3.8, 4) is 6.07 Å². The van der Waals surface area contributed by atoms with Crippen LogP contribution >= 0.6 is 0 Å². The second kappa shape index (κ2) is 7.64. The van der Waals surface area contributed by atoms with Crippen molar-refractivity contribution in [1.29, 1.82) is 5.26 Å². The van der Waals surface area contributed by atoms with Crippen LogP contribution in [0.2, 0.25) is 0 Å². The zero-order chi connectivity index (χ0) is 17.7. The van der Waals surface area contributed by atoms with E-state index in [4.69, 9.17) is 5.26 Å². The van der Waals surface area contributed by atoms with Crippen molar-refractivity contribution < 1.29 is 13.2 Å². The standard InChI is InChI=1S/C16H22N4O3S/c1-3-18-7-9-19(10-8-18)16(21)13-20(24(2,22)23)15-6-4-5-14(11-15)12-17/h4-6,11H,3,7-10,13H2,1-2H3. The lowest BCUT2D eigenvalue weighted by Crippen LogP contribution is -2.51. The molecule has 0 atom stereocenters. The van der Waals surface area contributed by atoms with Crippen LogP contribution in [0.15, 0.2) is 24.3 Å². The molecule has 1 fully saturated rings. The Hall–Kier alpha value is -2.11. The van der Waals surface area contributed by atoms with E-state index in [0.717, 1.165) is 30.2 Å². The number of sulfonamides is 1. The Bertz CT molecular complexity index is 734. The Labute approximate surface area is 143 Å². The molecule has 0 unspecified atom stereocenters. The molecule has 1 aliphatic heterocycles. The minimum Gasteiger partial charge on any atom is -0.339 e. The Morgan fingerprint density at radius 2 is 1.96 bits per heavy atom. The third-order valence-corrected chi connectivity index (χ3v) is 5.26. The van der Waals surface area contributed by atoms with Crippen LogP contribution in [0.1, 0.15) is 12.5 Å². The highest BCUT2D eigenvalue weighted by Crippen LogP contribution is 2.19. The maximum atomic E-state index is 12.5. The van der Waals surface area contributed by atoms with E-state index in [2.05, 4.69) is 11.8 Å². The summed E-state index contributed by atoms with van der Waals surface area (Å²) in [6.45, 7) is 5.56. The molecule has 1 aromatic carbocycles. The molecule has 1 amide bonds. The number of likely N-dealkylation sites (N-methyl/N-ethyl adjacent to an activating group) is 1. The predicted octanol–water partition coefficient (Wildman–Crippen LogP) is 0.488. The maximum absolute atomic E-state index is 12.5. The van der Waals surface area contributed by atoms with Gasteiger partial charge in [-0.25, -0.2) is 8.42 Å². The summed E-state index contributed by atoms with van der Waals surface area (Å²) in [5, 5.41) is 8.98. The number of anilines is 1. The fourth-order valence-corrected chi connectivity index (χ4v) is 3.51. The van der Waals surface area contributed by atoms with Crippen molar-refractivity contribution >= 4 is 21.6 Å².